The predicted octanol–water partition coefficient (Wildman–Crippen LogP) is 4.72. The summed E-state index contributed by atoms with van der Waals surface area (Å²) in [5, 5.41) is 0. The zero-order valence-corrected chi connectivity index (χ0v) is 15.3. The van der Waals surface area contributed by atoms with Crippen molar-refractivity contribution in [2.45, 2.75) is 13.8 Å². The van der Waals surface area contributed by atoms with Crippen LogP contribution < -0.4 is 9.64 Å². The molecule has 0 atom stereocenters. The second-order valence-corrected chi connectivity index (χ2v) is 7.26. The van der Waals surface area contributed by atoms with E-state index in [-0.39, 0.29) is 5.91 Å². The number of aryl methyl sites for hydroxylation is 2. The Labute approximate surface area is 151 Å². The predicted molar refractivity (Wildman–Crippen MR) is 105 cm³/mol. The molecule has 0 bridgehead atoms. The largest absolute Gasteiger partial charge is 0.497 e. The highest BCUT2D eigenvalue weighted by Crippen LogP contribution is 2.37. The van der Waals surface area contributed by atoms with Crippen molar-refractivity contribution in [2.24, 2.45) is 0 Å². The van der Waals surface area contributed by atoms with Crippen LogP contribution in [0.15, 0.2) is 47.4 Å². The van der Waals surface area contributed by atoms with Crippen molar-refractivity contribution >= 4 is 46.0 Å². The SMILES string of the molecule is COc1ccc(/C=C2/SC(=S)N(c3ccc(C)cc3C)C2=O)cc1. The molecule has 1 amide bonds. The number of nitrogens with zero attached hydrogens (tertiary/aromatic N) is 1. The summed E-state index contributed by atoms with van der Waals surface area (Å²) < 4.78 is 5.71. The van der Waals surface area contributed by atoms with Gasteiger partial charge in [0.15, 0.2) is 4.32 Å². The molecule has 2 aromatic carbocycles. The van der Waals surface area contributed by atoms with Gasteiger partial charge in [-0.1, -0.05) is 53.8 Å². The summed E-state index contributed by atoms with van der Waals surface area (Å²) >= 11 is 6.76. The van der Waals surface area contributed by atoms with Crippen molar-refractivity contribution in [1.29, 1.82) is 0 Å². The van der Waals surface area contributed by atoms with Crippen molar-refractivity contribution in [1.82, 2.24) is 0 Å². The Balaban J connectivity index is 1.92. The summed E-state index contributed by atoms with van der Waals surface area (Å²) in [7, 11) is 1.63. The lowest BCUT2D eigenvalue weighted by molar-refractivity contribution is -0.113. The van der Waals surface area contributed by atoms with E-state index in [0.29, 0.717) is 9.23 Å². The van der Waals surface area contributed by atoms with Crippen molar-refractivity contribution in [3.05, 3.63) is 64.1 Å². The minimum atomic E-state index is -0.0761. The van der Waals surface area contributed by atoms with E-state index in [0.717, 1.165) is 28.1 Å². The number of thiocarbonyl (C=S) groups is 1. The number of anilines is 1. The van der Waals surface area contributed by atoms with Gasteiger partial charge in [-0.3, -0.25) is 9.69 Å². The lowest BCUT2D eigenvalue weighted by atomic mass is 10.1. The number of carbonyl (C=O) groups excluding carboxylic acids is 1. The highest BCUT2D eigenvalue weighted by atomic mass is 32.2. The summed E-state index contributed by atoms with van der Waals surface area (Å²) in [5.74, 6) is 0.711. The Kier molecular flexibility index (Phi) is 4.73. The third-order valence-corrected chi connectivity index (χ3v) is 5.10. The second kappa shape index (κ2) is 6.79. The number of carbonyl (C=O) groups is 1. The van der Waals surface area contributed by atoms with Crippen LogP contribution in [-0.4, -0.2) is 17.3 Å². The topological polar surface area (TPSA) is 29.5 Å². The average molecular weight is 355 g/mol. The Hall–Kier alpha value is -2.11. The molecular formula is C19H17NO2S2. The standard InChI is InChI=1S/C19H17NO2S2/c1-12-4-9-16(13(2)10-12)20-18(21)17(24-19(20)23)11-14-5-7-15(22-3)8-6-14/h4-11H,1-3H3/b17-11+. The summed E-state index contributed by atoms with van der Waals surface area (Å²) in [6.45, 7) is 4.03. The quantitative estimate of drug-likeness (QED) is 0.589. The highest BCUT2D eigenvalue weighted by molar-refractivity contribution is 8.27. The van der Waals surface area contributed by atoms with Gasteiger partial charge in [-0.2, -0.15) is 0 Å². The fourth-order valence-corrected chi connectivity index (χ4v) is 3.87. The number of thioether (sulfide) groups is 1. The molecule has 0 N–H and O–H groups in total. The molecule has 1 fully saturated rings. The molecule has 5 heteroatoms. The lowest BCUT2D eigenvalue weighted by Crippen LogP contribution is -2.28. The maximum absolute atomic E-state index is 12.8. The number of methoxy groups -OCH3 is 1. The number of hydrogen-bond donors (Lipinski definition) is 0. The van der Waals surface area contributed by atoms with Gasteiger partial charge in [0.2, 0.25) is 0 Å². The molecule has 0 radical (unpaired) electrons. The molecular weight excluding hydrogens is 338 g/mol. The summed E-state index contributed by atoms with van der Waals surface area (Å²) in [6, 6.07) is 13.6. The second-order valence-electron chi connectivity index (χ2n) is 5.58. The number of ether oxygens (including phenoxy) is 1. The number of benzene rings is 2. The van der Waals surface area contributed by atoms with Gasteiger partial charge in [0.25, 0.3) is 5.91 Å². The fourth-order valence-electron chi connectivity index (χ4n) is 2.58. The summed E-state index contributed by atoms with van der Waals surface area (Å²) in [6.07, 6.45) is 1.86. The van der Waals surface area contributed by atoms with Crippen molar-refractivity contribution in [3.8, 4) is 5.75 Å². The van der Waals surface area contributed by atoms with Crippen LogP contribution in [0.3, 0.4) is 0 Å². The molecule has 1 aliphatic rings. The molecule has 0 saturated carbocycles. The van der Waals surface area contributed by atoms with E-state index in [1.54, 1.807) is 12.0 Å². The average Bonchev–Trinajstić information content (AvgIpc) is 2.83. The van der Waals surface area contributed by atoms with Crippen LogP contribution in [0.2, 0.25) is 0 Å². The van der Waals surface area contributed by atoms with Gasteiger partial charge in [-0.25, -0.2) is 0 Å². The van der Waals surface area contributed by atoms with E-state index in [1.165, 1.54) is 11.8 Å². The van der Waals surface area contributed by atoms with Crippen molar-refractivity contribution in [2.75, 3.05) is 12.0 Å². The summed E-state index contributed by atoms with van der Waals surface area (Å²) in [5.41, 5.74) is 3.99. The van der Waals surface area contributed by atoms with Gasteiger partial charge < -0.3 is 4.74 Å². The van der Waals surface area contributed by atoms with Gasteiger partial charge >= 0.3 is 0 Å². The van der Waals surface area contributed by atoms with Crippen molar-refractivity contribution in [3.63, 3.8) is 0 Å². The minimum absolute atomic E-state index is 0.0761. The molecule has 1 heterocycles. The molecule has 24 heavy (non-hydrogen) atoms. The molecule has 0 aromatic heterocycles. The third-order valence-electron chi connectivity index (χ3n) is 3.80. The molecule has 122 valence electrons. The van der Waals surface area contributed by atoms with Crippen LogP contribution in [0, 0.1) is 13.8 Å². The van der Waals surface area contributed by atoms with Gasteiger partial charge in [0.1, 0.15) is 5.75 Å². The van der Waals surface area contributed by atoms with E-state index < -0.39 is 0 Å². The molecule has 3 rings (SSSR count). The fraction of sp³-hybridized carbons (Fsp3) is 0.158. The van der Waals surface area contributed by atoms with Gasteiger partial charge in [-0.05, 0) is 49.2 Å². The van der Waals surface area contributed by atoms with E-state index >= 15 is 0 Å². The first-order valence-electron chi connectivity index (χ1n) is 7.49. The molecule has 1 aliphatic heterocycles. The van der Waals surface area contributed by atoms with E-state index in [4.69, 9.17) is 17.0 Å². The monoisotopic (exact) mass is 355 g/mol. The van der Waals surface area contributed by atoms with Crippen LogP contribution in [0.5, 0.6) is 5.75 Å². The smallest absolute Gasteiger partial charge is 0.270 e. The van der Waals surface area contributed by atoms with Crippen molar-refractivity contribution < 1.29 is 9.53 Å². The van der Waals surface area contributed by atoms with Crippen LogP contribution in [0.1, 0.15) is 16.7 Å². The highest BCUT2D eigenvalue weighted by Gasteiger charge is 2.33. The molecule has 2 aromatic rings. The number of hydrogen-bond acceptors (Lipinski definition) is 4. The Bertz CT molecular complexity index is 841. The van der Waals surface area contributed by atoms with Gasteiger partial charge in [0.05, 0.1) is 17.7 Å². The van der Waals surface area contributed by atoms with E-state index in [2.05, 4.69) is 6.07 Å². The van der Waals surface area contributed by atoms with Crippen LogP contribution >= 0.6 is 24.0 Å². The molecule has 1 saturated heterocycles. The Morgan fingerprint density at radius 2 is 1.83 bits per heavy atom. The lowest BCUT2D eigenvalue weighted by Gasteiger charge is -2.17. The van der Waals surface area contributed by atoms with Gasteiger partial charge in [-0.15, -0.1) is 0 Å². The van der Waals surface area contributed by atoms with Gasteiger partial charge in [0, 0.05) is 0 Å². The van der Waals surface area contributed by atoms with Crippen LogP contribution in [0.25, 0.3) is 6.08 Å². The normalized spacial score (nSPS) is 16.1. The molecule has 3 nitrogen and oxygen atoms in total. The van der Waals surface area contributed by atoms with E-state index in [9.17, 15) is 4.79 Å². The zero-order chi connectivity index (χ0) is 17.3. The minimum Gasteiger partial charge on any atom is -0.497 e. The Morgan fingerprint density at radius 1 is 1.12 bits per heavy atom. The zero-order valence-electron chi connectivity index (χ0n) is 13.7. The maximum Gasteiger partial charge on any atom is 0.270 e. The number of rotatable bonds is 3. The van der Waals surface area contributed by atoms with Crippen LogP contribution in [0.4, 0.5) is 5.69 Å². The molecule has 0 aliphatic carbocycles. The molecule has 0 unspecified atom stereocenters. The number of amides is 1. The first-order chi connectivity index (χ1) is 11.5. The summed E-state index contributed by atoms with van der Waals surface area (Å²) in [4.78, 5) is 15.1. The Morgan fingerprint density at radius 3 is 2.46 bits per heavy atom. The first-order valence-corrected chi connectivity index (χ1v) is 8.71. The third kappa shape index (κ3) is 3.23. The van der Waals surface area contributed by atoms with Crippen LogP contribution in [-0.2, 0) is 4.79 Å². The first kappa shape index (κ1) is 16.7. The van der Waals surface area contributed by atoms with E-state index in [1.807, 2.05) is 56.3 Å². The maximum atomic E-state index is 12.8. The molecule has 0 spiro atoms.